The molecule has 0 saturated heterocycles. The maximum atomic E-state index is 12.8. The fraction of sp³-hybridized carbons (Fsp3) is 0.333. The molecular weight excluding hydrogens is 388 g/mol. The molecule has 3 aromatic rings. The molecule has 30 heavy (non-hydrogen) atoms. The van der Waals surface area contributed by atoms with Crippen LogP contribution in [0.3, 0.4) is 0 Å². The van der Waals surface area contributed by atoms with Crippen molar-refractivity contribution in [2.45, 2.75) is 19.8 Å². The van der Waals surface area contributed by atoms with Crippen LogP contribution in [0.1, 0.15) is 25.3 Å². The normalized spacial score (nSPS) is 11.0. The molecule has 2 aromatic heterocycles. The monoisotopic (exact) mass is 412 g/mol. The molecule has 0 aliphatic rings. The first-order valence-electron chi connectivity index (χ1n) is 9.40. The Kier molecular flexibility index (Phi) is 5.91. The summed E-state index contributed by atoms with van der Waals surface area (Å²) in [4.78, 5) is 42.0. The number of anilines is 1. The van der Waals surface area contributed by atoms with Crippen molar-refractivity contribution in [2.75, 3.05) is 19.0 Å². The van der Waals surface area contributed by atoms with Crippen LogP contribution in [0.5, 0.6) is 11.5 Å². The molecule has 0 unspecified atom stereocenters. The second-order valence-corrected chi connectivity index (χ2v) is 7.16. The first-order valence-corrected chi connectivity index (χ1v) is 9.40. The lowest BCUT2D eigenvalue weighted by Crippen LogP contribution is -2.38. The summed E-state index contributed by atoms with van der Waals surface area (Å²) in [6.07, 6.45) is 1.57. The number of hydrogen-bond acceptors (Lipinski definition) is 6. The third-order valence-corrected chi connectivity index (χ3v) is 4.80. The summed E-state index contributed by atoms with van der Waals surface area (Å²) in [6.45, 7) is 3.59. The maximum Gasteiger partial charge on any atom is 0.332 e. The summed E-state index contributed by atoms with van der Waals surface area (Å²) in [5, 5.41) is 2.97. The third-order valence-electron chi connectivity index (χ3n) is 4.80. The zero-order valence-corrected chi connectivity index (χ0v) is 17.6. The first-order chi connectivity index (χ1) is 14.2. The lowest BCUT2D eigenvalue weighted by Gasteiger charge is -2.17. The van der Waals surface area contributed by atoms with E-state index in [9.17, 15) is 14.4 Å². The Morgan fingerprint density at radius 2 is 1.87 bits per heavy atom. The molecule has 2 heterocycles. The van der Waals surface area contributed by atoms with Crippen LogP contribution in [0.25, 0.3) is 11.0 Å². The molecule has 0 radical (unpaired) electrons. The number of rotatable bonds is 6. The van der Waals surface area contributed by atoms with Crippen molar-refractivity contribution in [2.24, 2.45) is 14.1 Å². The number of nitrogens with one attached hydrogen (secondary N) is 1. The number of aromatic nitrogens is 3. The van der Waals surface area contributed by atoms with Crippen LogP contribution in [0.15, 0.2) is 40.1 Å². The van der Waals surface area contributed by atoms with Gasteiger partial charge < -0.3 is 14.8 Å². The van der Waals surface area contributed by atoms with Crippen LogP contribution < -0.4 is 26.0 Å². The Hall–Kier alpha value is -3.62. The van der Waals surface area contributed by atoms with Crippen molar-refractivity contribution in [3.8, 4) is 11.5 Å². The van der Waals surface area contributed by atoms with E-state index in [0.29, 0.717) is 22.7 Å². The number of pyridine rings is 1. The number of carbonyl (C=O) groups excluding carboxylic acids is 1. The molecule has 0 bridgehead atoms. The molecule has 0 atom stereocenters. The number of ether oxygens (including phenoxy) is 2. The minimum atomic E-state index is -0.521. The summed E-state index contributed by atoms with van der Waals surface area (Å²) in [7, 11) is 4.47. The minimum Gasteiger partial charge on any atom is -0.497 e. The van der Waals surface area contributed by atoms with E-state index >= 15 is 0 Å². The van der Waals surface area contributed by atoms with E-state index in [0.717, 1.165) is 4.57 Å². The number of fused-ring (bicyclic) bond motifs is 1. The first kappa shape index (κ1) is 21.1. The Labute approximate surface area is 172 Å². The highest BCUT2D eigenvalue weighted by Crippen LogP contribution is 2.28. The van der Waals surface area contributed by atoms with Crippen molar-refractivity contribution in [1.82, 2.24) is 14.1 Å². The van der Waals surface area contributed by atoms with Gasteiger partial charge in [-0.2, -0.15) is 0 Å². The highest BCUT2D eigenvalue weighted by atomic mass is 16.5. The van der Waals surface area contributed by atoms with Crippen molar-refractivity contribution < 1.29 is 14.3 Å². The fourth-order valence-electron chi connectivity index (χ4n) is 3.13. The van der Waals surface area contributed by atoms with Crippen molar-refractivity contribution in [3.05, 3.63) is 56.9 Å². The smallest absolute Gasteiger partial charge is 0.332 e. The number of aryl methyl sites for hydroxylation is 1. The molecule has 0 aliphatic carbocycles. The summed E-state index contributed by atoms with van der Waals surface area (Å²) >= 11 is 0. The average Bonchev–Trinajstić information content (AvgIpc) is 2.74. The fourth-order valence-corrected chi connectivity index (χ4v) is 3.13. The minimum absolute atomic E-state index is 0.0153. The molecule has 158 valence electrons. The molecule has 1 aromatic carbocycles. The van der Waals surface area contributed by atoms with Gasteiger partial charge in [0.1, 0.15) is 16.9 Å². The van der Waals surface area contributed by atoms with Crippen LogP contribution in [0, 0.1) is 0 Å². The van der Waals surface area contributed by atoms with Gasteiger partial charge in [-0.3, -0.25) is 18.7 Å². The van der Waals surface area contributed by atoms with Gasteiger partial charge in [-0.1, -0.05) is 19.9 Å². The zero-order chi connectivity index (χ0) is 22.0. The van der Waals surface area contributed by atoms with Crippen LogP contribution in [-0.4, -0.2) is 33.7 Å². The Balaban J connectivity index is 1.99. The average molecular weight is 412 g/mol. The van der Waals surface area contributed by atoms with Crippen molar-refractivity contribution >= 4 is 22.6 Å². The Bertz CT molecular complexity index is 1230. The van der Waals surface area contributed by atoms with Gasteiger partial charge in [-0.15, -0.1) is 0 Å². The SMILES string of the molecule is COc1cccc(OCC(=O)Nc2c(C(C)C)cnc3c2c(=O)n(C)c(=O)n3C)c1. The molecular formula is C21H24N4O5. The van der Waals surface area contributed by atoms with Crippen LogP contribution >= 0.6 is 0 Å². The number of amides is 1. The molecule has 1 N–H and O–H groups in total. The second-order valence-electron chi connectivity index (χ2n) is 7.16. The number of carbonyl (C=O) groups is 1. The highest BCUT2D eigenvalue weighted by molar-refractivity contribution is 6.01. The van der Waals surface area contributed by atoms with E-state index in [2.05, 4.69) is 10.3 Å². The Morgan fingerprint density at radius 3 is 2.53 bits per heavy atom. The van der Waals surface area contributed by atoms with Crippen LogP contribution in [-0.2, 0) is 18.9 Å². The number of hydrogen-bond donors (Lipinski definition) is 1. The van der Waals surface area contributed by atoms with E-state index in [1.807, 2.05) is 13.8 Å². The zero-order valence-electron chi connectivity index (χ0n) is 17.6. The third kappa shape index (κ3) is 3.91. The summed E-state index contributed by atoms with van der Waals surface area (Å²) in [5.41, 5.74) is 0.220. The quantitative estimate of drug-likeness (QED) is 0.662. The largest absolute Gasteiger partial charge is 0.497 e. The summed E-state index contributed by atoms with van der Waals surface area (Å²) in [6, 6.07) is 6.90. The lowest BCUT2D eigenvalue weighted by molar-refractivity contribution is -0.118. The summed E-state index contributed by atoms with van der Waals surface area (Å²) < 4.78 is 13.0. The summed E-state index contributed by atoms with van der Waals surface area (Å²) in [5.74, 6) is 0.632. The molecule has 0 saturated carbocycles. The molecule has 3 rings (SSSR count). The predicted octanol–water partition coefficient (Wildman–Crippen LogP) is 1.78. The maximum absolute atomic E-state index is 12.8. The van der Waals surface area contributed by atoms with Gasteiger partial charge in [0.15, 0.2) is 12.3 Å². The van der Waals surface area contributed by atoms with E-state index in [1.54, 1.807) is 37.6 Å². The topological polar surface area (TPSA) is 104 Å². The number of methoxy groups -OCH3 is 1. The highest BCUT2D eigenvalue weighted by Gasteiger charge is 2.20. The van der Waals surface area contributed by atoms with E-state index < -0.39 is 17.2 Å². The van der Waals surface area contributed by atoms with Crippen LogP contribution in [0.2, 0.25) is 0 Å². The standard InChI is InChI=1S/C21H24N4O5/c1-12(2)15-10-22-19-17(20(27)25(4)21(28)24(19)3)18(15)23-16(26)11-30-14-8-6-7-13(9-14)29-5/h6-10,12H,11H2,1-5H3,(H,22,23,26). The van der Waals surface area contributed by atoms with Crippen molar-refractivity contribution in [1.29, 1.82) is 0 Å². The molecule has 1 amide bonds. The van der Waals surface area contributed by atoms with Crippen molar-refractivity contribution in [3.63, 3.8) is 0 Å². The van der Waals surface area contributed by atoms with E-state index in [4.69, 9.17) is 9.47 Å². The van der Waals surface area contributed by atoms with Gasteiger partial charge in [0.25, 0.3) is 11.5 Å². The Morgan fingerprint density at radius 1 is 1.17 bits per heavy atom. The predicted molar refractivity (Wildman–Crippen MR) is 113 cm³/mol. The van der Waals surface area contributed by atoms with Crippen LogP contribution in [0.4, 0.5) is 5.69 Å². The molecule has 9 heteroatoms. The molecule has 0 spiro atoms. The van der Waals surface area contributed by atoms with E-state index in [-0.39, 0.29) is 23.6 Å². The lowest BCUT2D eigenvalue weighted by atomic mass is 10.0. The molecule has 9 nitrogen and oxygen atoms in total. The van der Waals surface area contributed by atoms with Gasteiger partial charge in [0.2, 0.25) is 0 Å². The van der Waals surface area contributed by atoms with Gasteiger partial charge in [0.05, 0.1) is 12.8 Å². The van der Waals surface area contributed by atoms with Gasteiger partial charge in [0, 0.05) is 26.4 Å². The number of benzene rings is 1. The number of nitrogens with zero attached hydrogens (tertiary/aromatic N) is 3. The molecule has 0 fully saturated rings. The van der Waals surface area contributed by atoms with Gasteiger partial charge >= 0.3 is 5.69 Å². The van der Waals surface area contributed by atoms with Gasteiger partial charge in [-0.25, -0.2) is 9.78 Å². The second kappa shape index (κ2) is 8.40. The van der Waals surface area contributed by atoms with E-state index in [1.165, 1.54) is 18.7 Å². The van der Waals surface area contributed by atoms with Gasteiger partial charge in [-0.05, 0) is 23.6 Å². The molecule has 0 aliphatic heterocycles.